The van der Waals surface area contributed by atoms with E-state index in [0.717, 1.165) is 12.0 Å². The lowest BCUT2D eigenvalue weighted by Gasteiger charge is -2.20. The second kappa shape index (κ2) is 6.31. The fraction of sp³-hybridized carbons (Fsp3) is 0.462. The molecule has 2 rings (SSSR count). The second-order valence-electron chi connectivity index (χ2n) is 4.96. The van der Waals surface area contributed by atoms with Crippen molar-refractivity contribution in [3.63, 3.8) is 0 Å². The Labute approximate surface area is 124 Å². The van der Waals surface area contributed by atoms with E-state index in [0.29, 0.717) is 10.7 Å². The number of nitrogens with zero attached hydrogens (tertiary/aromatic N) is 4. The summed E-state index contributed by atoms with van der Waals surface area (Å²) < 4.78 is 26.5. The molecule has 1 aromatic heterocycles. The molecule has 1 unspecified atom stereocenters. The molecule has 1 heterocycles. The third kappa shape index (κ3) is 3.45. The Kier molecular flexibility index (Phi) is 4.69. The molecule has 1 aromatic carbocycles. The maximum absolute atomic E-state index is 12.6. The molecule has 0 saturated carbocycles. The summed E-state index contributed by atoms with van der Waals surface area (Å²) in [4.78, 5) is 0.310. The number of hydrogen-bond acceptors (Lipinski definition) is 5. The van der Waals surface area contributed by atoms with Gasteiger partial charge in [-0.2, -0.15) is 5.21 Å². The first-order valence-electron chi connectivity index (χ1n) is 6.73. The highest BCUT2D eigenvalue weighted by molar-refractivity contribution is 7.89. The Hall–Kier alpha value is -1.80. The van der Waals surface area contributed by atoms with Crippen LogP contribution in [0.25, 0.3) is 0 Å². The number of likely N-dealkylation sites (N-methyl/N-ethyl adjacent to an activating group) is 1. The average molecular weight is 309 g/mol. The van der Waals surface area contributed by atoms with Gasteiger partial charge in [-0.15, -0.1) is 10.2 Å². The first kappa shape index (κ1) is 15.6. The molecular weight excluding hydrogens is 290 g/mol. The molecule has 0 aliphatic rings. The van der Waals surface area contributed by atoms with E-state index >= 15 is 0 Å². The molecule has 0 fully saturated rings. The van der Waals surface area contributed by atoms with Gasteiger partial charge in [-0.1, -0.05) is 31.2 Å². The Morgan fingerprint density at radius 1 is 1.38 bits per heavy atom. The number of hydrogen-bond donors (Lipinski definition) is 1. The van der Waals surface area contributed by atoms with Gasteiger partial charge in [0.1, 0.15) is 0 Å². The van der Waals surface area contributed by atoms with Gasteiger partial charge in [0.15, 0.2) is 5.82 Å². The highest BCUT2D eigenvalue weighted by Crippen LogP contribution is 2.19. The summed E-state index contributed by atoms with van der Waals surface area (Å²) in [6, 6.07) is 7.01. The molecule has 2 aromatic rings. The highest BCUT2D eigenvalue weighted by Gasteiger charge is 2.24. The van der Waals surface area contributed by atoms with E-state index in [9.17, 15) is 8.42 Å². The van der Waals surface area contributed by atoms with Gasteiger partial charge in [0.05, 0.1) is 4.90 Å². The summed E-state index contributed by atoms with van der Waals surface area (Å²) in [5, 5.41) is 13.6. The minimum absolute atomic E-state index is 0.141. The number of benzene rings is 1. The zero-order valence-electron chi connectivity index (χ0n) is 12.3. The molecule has 0 aliphatic carbocycles. The number of tetrazole rings is 1. The van der Waals surface area contributed by atoms with Crippen LogP contribution in [0.2, 0.25) is 0 Å². The molecule has 1 N–H and O–H groups in total. The number of aryl methyl sites for hydroxylation is 1. The molecule has 0 saturated heterocycles. The van der Waals surface area contributed by atoms with Crippen molar-refractivity contribution in [1.29, 1.82) is 0 Å². The number of nitrogens with one attached hydrogen (secondary N) is 1. The van der Waals surface area contributed by atoms with Crippen LogP contribution >= 0.6 is 0 Å². The van der Waals surface area contributed by atoms with Crippen molar-refractivity contribution in [2.24, 2.45) is 0 Å². The predicted molar refractivity (Wildman–Crippen MR) is 78.2 cm³/mol. The number of rotatable bonds is 6. The minimum atomic E-state index is -3.51. The molecule has 114 valence electrons. The summed E-state index contributed by atoms with van der Waals surface area (Å²) >= 11 is 0. The average Bonchev–Trinajstić information content (AvgIpc) is 3.01. The standard InChI is InChI=1S/C13H19N5O2S/c1-4-11-6-5-7-12(8-11)21(19,20)18(3)9-10(2)13-14-16-17-15-13/h5-8,10H,4,9H2,1-3H3,(H,14,15,16,17). The first-order chi connectivity index (χ1) is 9.95. The van der Waals surface area contributed by atoms with E-state index in [1.54, 1.807) is 25.2 Å². The third-order valence-electron chi connectivity index (χ3n) is 3.35. The van der Waals surface area contributed by atoms with Gasteiger partial charge in [-0.3, -0.25) is 0 Å². The van der Waals surface area contributed by atoms with Gasteiger partial charge in [-0.05, 0) is 24.1 Å². The van der Waals surface area contributed by atoms with Crippen molar-refractivity contribution in [3.8, 4) is 0 Å². The maximum Gasteiger partial charge on any atom is 0.242 e. The summed E-state index contributed by atoms with van der Waals surface area (Å²) in [7, 11) is -1.95. The van der Waals surface area contributed by atoms with Gasteiger partial charge in [0, 0.05) is 19.5 Å². The molecule has 0 radical (unpaired) electrons. The molecular formula is C13H19N5O2S. The van der Waals surface area contributed by atoms with E-state index in [-0.39, 0.29) is 12.5 Å². The lowest BCUT2D eigenvalue weighted by Crippen LogP contribution is -2.30. The molecule has 0 bridgehead atoms. The van der Waals surface area contributed by atoms with Crippen molar-refractivity contribution < 1.29 is 8.42 Å². The van der Waals surface area contributed by atoms with E-state index in [1.165, 1.54) is 4.31 Å². The molecule has 0 spiro atoms. The van der Waals surface area contributed by atoms with Crippen molar-refractivity contribution >= 4 is 10.0 Å². The van der Waals surface area contributed by atoms with Crippen LogP contribution in [-0.2, 0) is 16.4 Å². The van der Waals surface area contributed by atoms with Crippen molar-refractivity contribution in [1.82, 2.24) is 24.9 Å². The van der Waals surface area contributed by atoms with E-state index in [2.05, 4.69) is 20.6 Å². The SMILES string of the molecule is CCc1cccc(S(=O)(=O)N(C)CC(C)c2nn[nH]n2)c1. The van der Waals surface area contributed by atoms with Crippen LogP contribution in [0, 0.1) is 0 Å². The van der Waals surface area contributed by atoms with Gasteiger partial charge in [-0.25, -0.2) is 12.7 Å². The number of aromatic amines is 1. The largest absolute Gasteiger partial charge is 0.242 e. The zero-order valence-corrected chi connectivity index (χ0v) is 13.1. The van der Waals surface area contributed by atoms with Gasteiger partial charge in [0.25, 0.3) is 0 Å². The van der Waals surface area contributed by atoms with Crippen LogP contribution in [-0.4, -0.2) is 46.9 Å². The van der Waals surface area contributed by atoms with E-state index in [4.69, 9.17) is 0 Å². The predicted octanol–water partition coefficient (Wildman–Crippen LogP) is 1.19. The van der Waals surface area contributed by atoms with Crippen LogP contribution < -0.4 is 0 Å². The zero-order chi connectivity index (χ0) is 15.5. The van der Waals surface area contributed by atoms with Crippen LogP contribution in [0.15, 0.2) is 29.2 Å². The quantitative estimate of drug-likeness (QED) is 0.865. The summed E-state index contributed by atoms with van der Waals surface area (Å²) in [5.41, 5.74) is 0.996. The Morgan fingerprint density at radius 2 is 2.14 bits per heavy atom. The number of H-pyrrole nitrogens is 1. The fourth-order valence-corrected chi connectivity index (χ4v) is 3.38. The molecule has 0 aliphatic heterocycles. The van der Waals surface area contributed by atoms with Crippen LogP contribution in [0.4, 0.5) is 0 Å². The van der Waals surface area contributed by atoms with E-state index in [1.807, 2.05) is 19.9 Å². The molecule has 21 heavy (non-hydrogen) atoms. The van der Waals surface area contributed by atoms with Crippen LogP contribution in [0.1, 0.15) is 31.2 Å². The lowest BCUT2D eigenvalue weighted by molar-refractivity contribution is 0.439. The van der Waals surface area contributed by atoms with Gasteiger partial charge >= 0.3 is 0 Å². The highest BCUT2D eigenvalue weighted by atomic mass is 32.2. The monoisotopic (exact) mass is 309 g/mol. The fourth-order valence-electron chi connectivity index (χ4n) is 2.05. The number of aromatic nitrogens is 4. The molecule has 0 amide bonds. The molecule has 8 heteroatoms. The summed E-state index contributed by atoms with van der Waals surface area (Å²) in [6.07, 6.45) is 0.798. The van der Waals surface area contributed by atoms with E-state index < -0.39 is 10.0 Å². The first-order valence-corrected chi connectivity index (χ1v) is 8.17. The van der Waals surface area contributed by atoms with Crippen molar-refractivity contribution in [2.75, 3.05) is 13.6 Å². The molecule has 1 atom stereocenters. The normalized spacial score (nSPS) is 13.5. The van der Waals surface area contributed by atoms with Crippen molar-refractivity contribution in [2.45, 2.75) is 31.1 Å². The lowest BCUT2D eigenvalue weighted by atomic mass is 10.2. The van der Waals surface area contributed by atoms with Gasteiger partial charge in [0.2, 0.25) is 10.0 Å². The van der Waals surface area contributed by atoms with Crippen LogP contribution in [0.3, 0.4) is 0 Å². The smallest absolute Gasteiger partial charge is 0.207 e. The Balaban J connectivity index is 2.18. The van der Waals surface area contributed by atoms with Gasteiger partial charge < -0.3 is 0 Å². The number of sulfonamides is 1. The van der Waals surface area contributed by atoms with Crippen molar-refractivity contribution in [3.05, 3.63) is 35.7 Å². The third-order valence-corrected chi connectivity index (χ3v) is 5.17. The topological polar surface area (TPSA) is 91.8 Å². The second-order valence-corrected chi connectivity index (χ2v) is 7.00. The Bertz CT molecular complexity index is 684. The van der Waals surface area contributed by atoms with Crippen LogP contribution in [0.5, 0.6) is 0 Å². The maximum atomic E-state index is 12.6. The molecule has 7 nitrogen and oxygen atoms in total. The summed E-state index contributed by atoms with van der Waals surface area (Å²) in [5.74, 6) is 0.359. The Morgan fingerprint density at radius 3 is 2.76 bits per heavy atom. The summed E-state index contributed by atoms with van der Waals surface area (Å²) in [6.45, 7) is 4.14. The minimum Gasteiger partial charge on any atom is -0.207 e.